The zero-order chi connectivity index (χ0) is 25.9. The lowest BCUT2D eigenvalue weighted by atomic mass is 10.2. The van der Waals surface area contributed by atoms with E-state index in [4.69, 9.17) is 58.0 Å². The van der Waals surface area contributed by atoms with Gasteiger partial charge in [0.2, 0.25) is 10.0 Å². The van der Waals surface area contributed by atoms with Crippen LogP contribution in [0.1, 0.15) is 33.6 Å². The summed E-state index contributed by atoms with van der Waals surface area (Å²) < 4.78 is 26.5. The maximum atomic E-state index is 12.6. The van der Waals surface area contributed by atoms with E-state index < -0.39 is 34.3 Å². The minimum Gasteiger partial charge on any atom is -0.343 e. The van der Waals surface area contributed by atoms with E-state index in [9.17, 15) is 22.8 Å². The number of benzene rings is 2. The summed E-state index contributed by atoms with van der Waals surface area (Å²) in [5.41, 5.74) is 4.00. The number of carbonyl (C=O) groups is 3. The Kier molecular flexibility index (Phi) is 9.14. The van der Waals surface area contributed by atoms with Gasteiger partial charge in [-0.05, 0) is 37.1 Å². The minimum atomic E-state index is -3.60. The minimum absolute atomic E-state index is 0.0798. The van der Waals surface area contributed by atoms with Crippen molar-refractivity contribution in [1.29, 1.82) is 0 Å². The van der Waals surface area contributed by atoms with Crippen LogP contribution < -0.4 is 16.2 Å². The third-order valence-electron chi connectivity index (χ3n) is 4.98. The van der Waals surface area contributed by atoms with E-state index in [0.717, 1.165) is 12.8 Å². The first kappa shape index (κ1) is 27.8. The van der Waals surface area contributed by atoms with Crippen molar-refractivity contribution in [3.63, 3.8) is 0 Å². The topological polar surface area (TPSA) is 125 Å². The molecule has 2 aromatic carbocycles. The molecule has 2 aromatic rings. The highest BCUT2D eigenvalue weighted by Gasteiger charge is 2.27. The van der Waals surface area contributed by atoms with Crippen molar-refractivity contribution in [3.8, 4) is 0 Å². The van der Waals surface area contributed by atoms with Gasteiger partial charge in [0.25, 0.3) is 17.7 Å². The number of hydrogen-bond donors (Lipinski definition) is 3. The number of nitrogens with one attached hydrogen (secondary N) is 3. The number of sulfonamides is 1. The summed E-state index contributed by atoms with van der Waals surface area (Å²) in [5, 5.41) is 1.32. The van der Waals surface area contributed by atoms with Crippen molar-refractivity contribution < 1.29 is 22.8 Å². The van der Waals surface area contributed by atoms with Gasteiger partial charge in [0.15, 0.2) is 0 Å². The quantitative estimate of drug-likeness (QED) is 0.263. The molecule has 188 valence electrons. The fraction of sp³-hybridized carbons (Fsp3) is 0.250. The first-order valence-electron chi connectivity index (χ1n) is 9.94. The lowest BCUT2D eigenvalue weighted by Crippen LogP contribution is -2.46. The second-order valence-electron chi connectivity index (χ2n) is 7.27. The first-order valence-corrected chi connectivity index (χ1v) is 13.3. The Labute approximate surface area is 226 Å². The molecule has 1 saturated heterocycles. The maximum absolute atomic E-state index is 12.6. The van der Waals surface area contributed by atoms with E-state index in [0.29, 0.717) is 13.1 Å². The molecule has 1 aliphatic heterocycles. The van der Waals surface area contributed by atoms with Gasteiger partial charge in [-0.25, -0.2) is 8.42 Å². The Morgan fingerprint density at radius 2 is 1.29 bits per heavy atom. The predicted octanol–water partition coefficient (Wildman–Crippen LogP) is 3.93. The Balaban J connectivity index is 1.55. The van der Waals surface area contributed by atoms with Gasteiger partial charge in [-0.3, -0.25) is 25.2 Å². The fourth-order valence-electron chi connectivity index (χ4n) is 3.16. The molecule has 0 aromatic heterocycles. The average Bonchev–Trinajstić information content (AvgIpc) is 3.40. The molecule has 0 atom stereocenters. The molecule has 15 heteroatoms. The summed E-state index contributed by atoms with van der Waals surface area (Å²) >= 11 is 29.7. The lowest BCUT2D eigenvalue weighted by Gasteiger charge is -2.15. The van der Waals surface area contributed by atoms with Gasteiger partial charge in [0.05, 0.1) is 42.1 Å². The van der Waals surface area contributed by atoms with Crippen LogP contribution in [0, 0.1) is 0 Å². The molecule has 1 heterocycles. The smallest absolute Gasteiger partial charge is 0.272 e. The molecule has 0 unspecified atom stereocenters. The molecule has 0 saturated carbocycles. The van der Waals surface area contributed by atoms with Crippen LogP contribution in [0.3, 0.4) is 0 Å². The molecule has 0 bridgehead atoms. The first-order chi connectivity index (χ1) is 16.4. The number of hydrogen-bond acceptors (Lipinski definition) is 5. The number of hydrazine groups is 1. The molecule has 1 aliphatic rings. The van der Waals surface area contributed by atoms with Gasteiger partial charge in [0, 0.05) is 18.7 Å². The number of rotatable bonds is 6. The number of carbonyl (C=O) groups excluding carboxylic acids is 3. The predicted molar refractivity (Wildman–Crippen MR) is 134 cm³/mol. The summed E-state index contributed by atoms with van der Waals surface area (Å²) in [7, 11) is -3.60. The fourth-order valence-corrected chi connectivity index (χ4v) is 5.98. The number of amides is 3. The number of nitrogens with zero attached hydrogens (tertiary/aromatic N) is 1. The lowest BCUT2D eigenvalue weighted by molar-refractivity contribution is -0.120. The van der Waals surface area contributed by atoms with E-state index in [1.807, 2.05) is 0 Å². The number of halogens is 5. The van der Waals surface area contributed by atoms with Crippen LogP contribution in [0.5, 0.6) is 0 Å². The highest BCUT2D eigenvalue weighted by Crippen LogP contribution is 2.43. The van der Waals surface area contributed by atoms with Crippen molar-refractivity contribution in [2.45, 2.75) is 17.7 Å². The van der Waals surface area contributed by atoms with E-state index in [1.165, 1.54) is 28.6 Å². The summed E-state index contributed by atoms with van der Waals surface area (Å²) in [6.07, 6.45) is 1.62. The normalized spacial score (nSPS) is 14.0. The largest absolute Gasteiger partial charge is 0.343 e. The Morgan fingerprint density at radius 3 is 1.83 bits per heavy atom. The van der Waals surface area contributed by atoms with Gasteiger partial charge in [-0.15, -0.1) is 0 Å². The van der Waals surface area contributed by atoms with Crippen molar-refractivity contribution in [1.82, 2.24) is 20.5 Å². The molecule has 0 spiro atoms. The van der Waals surface area contributed by atoms with Gasteiger partial charge < -0.3 is 5.32 Å². The molecule has 0 radical (unpaired) electrons. The molecule has 3 rings (SSSR count). The van der Waals surface area contributed by atoms with E-state index >= 15 is 0 Å². The molecule has 3 amide bonds. The Hall–Kier alpha value is -1.79. The van der Waals surface area contributed by atoms with Crippen molar-refractivity contribution >= 4 is 85.7 Å². The zero-order valence-corrected chi connectivity index (χ0v) is 22.2. The van der Waals surface area contributed by atoms with Gasteiger partial charge in [-0.1, -0.05) is 58.0 Å². The van der Waals surface area contributed by atoms with Gasteiger partial charge >= 0.3 is 0 Å². The SMILES string of the molecule is O=C(CNC(=O)c1ccc(S(=O)(=O)N2CCCC2)cc1)NNC(=O)c1c(Cl)c(Cl)c(Cl)c(Cl)c1Cl. The summed E-state index contributed by atoms with van der Waals surface area (Å²) in [6, 6.07) is 5.35. The van der Waals surface area contributed by atoms with Crippen LogP contribution in [-0.4, -0.2) is 50.1 Å². The van der Waals surface area contributed by atoms with Crippen molar-refractivity contribution in [2.24, 2.45) is 0 Å². The van der Waals surface area contributed by atoms with Crippen molar-refractivity contribution in [2.75, 3.05) is 19.6 Å². The summed E-state index contributed by atoms with van der Waals surface area (Å²) in [6.45, 7) is 0.427. The van der Waals surface area contributed by atoms with E-state index in [-0.39, 0.29) is 41.1 Å². The Bertz CT molecular complexity index is 1250. The van der Waals surface area contributed by atoms with Crippen molar-refractivity contribution in [3.05, 3.63) is 60.5 Å². The summed E-state index contributed by atoms with van der Waals surface area (Å²) in [5.74, 6) is -2.33. The molecular weight excluding hydrogens is 586 g/mol. The van der Waals surface area contributed by atoms with Crippen LogP contribution in [0.2, 0.25) is 25.1 Å². The molecule has 0 aliphatic carbocycles. The molecular formula is C20H17Cl5N4O5S. The van der Waals surface area contributed by atoms with Crippen LogP contribution in [-0.2, 0) is 14.8 Å². The highest BCUT2D eigenvalue weighted by atomic mass is 35.5. The van der Waals surface area contributed by atoms with Gasteiger partial charge in [-0.2, -0.15) is 4.31 Å². The molecule has 9 nitrogen and oxygen atoms in total. The molecule has 35 heavy (non-hydrogen) atoms. The third kappa shape index (κ3) is 6.14. The van der Waals surface area contributed by atoms with Gasteiger partial charge in [0.1, 0.15) is 0 Å². The monoisotopic (exact) mass is 600 g/mol. The standard InChI is InChI=1S/C20H17Cl5N4O5S/c21-14-13(15(22)17(24)18(25)16(14)23)20(32)28-27-12(30)9-26-19(31)10-3-5-11(6-4-10)35(33,34)29-7-1-2-8-29/h3-6H,1-2,7-9H2,(H,26,31)(H,27,30)(H,28,32). The van der Waals surface area contributed by atoms with Crippen LogP contribution in [0.15, 0.2) is 29.2 Å². The third-order valence-corrected chi connectivity index (χ3v) is 9.17. The average molecular weight is 603 g/mol. The highest BCUT2D eigenvalue weighted by molar-refractivity contribution is 7.89. The molecule has 1 fully saturated rings. The van der Waals surface area contributed by atoms with Crippen LogP contribution in [0.25, 0.3) is 0 Å². The summed E-state index contributed by atoms with van der Waals surface area (Å²) in [4.78, 5) is 36.8. The van der Waals surface area contributed by atoms with E-state index in [1.54, 1.807) is 0 Å². The second-order valence-corrected chi connectivity index (χ2v) is 11.1. The van der Waals surface area contributed by atoms with Crippen LogP contribution in [0.4, 0.5) is 0 Å². The zero-order valence-electron chi connectivity index (χ0n) is 17.6. The molecule has 3 N–H and O–H groups in total. The van der Waals surface area contributed by atoms with E-state index in [2.05, 4.69) is 16.2 Å². The second kappa shape index (κ2) is 11.5. The Morgan fingerprint density at radius 1 is 0.771 bits per heavy atom. The van der Waals surface area contributed by atoms with Crippen LogP contribution >= 0.6 is 58.0 Å². The maximum Gasteiger partial charge on any atom is 0.272 e.